The predicted molar refractivity (Wildman–Crippen MR) is 69.9 cm³/mol. The first-order valence-corrected chi connectivity index (χ1v) is 6.68. The molecule has 2 atom stereocenters. The Hall–Kier alpha value is -0.560. The second-order valence-electron chi connectivity index (χ2n) is 3.50. The van der Waals surface area contributed by atoms with Gasteiger partial charge in [-0.1, -0.05) is 23.9 Å². The summed E-state index contributed by atoms with van der Waals surface area (Å²) in [6.45, 7) is 1.40. The Balaban J connectivity index is 2.77. The Morgan fingerprint density at radius 3 is 2.71 bits per heavy atom. The summed E-state index contributed by atoms with van der Waals surface area (Å²) < 4.78 is 0.347. The number of carbonyl (C=O) groups excluding carboxylic acids is 1. The maximum absolute atomic E-state index is 10.7. The number of rotatable bonds is 4. The van der Waals surface area contributed by atoms with E-state index in [1.165, 1.54) is 13.0 Å². The highest BCUT2D eigenvalue weighted by Crippen LogP contribution is 2.33. The molecule has 0 aliphatic heterocycles. The summed E-state index contributed by atoms with van der Waals surface area (Å²) in [5.41, 5.74) is 0.390. The molecule has 0 saturated heterocycles. The first-order chi connectivity index (χ1) is 7.93. The number of aliphatic hydroxyl groups excluding tert-OH is 2. The van der Waals surface area contributed by atoms with Crippen LogP contribution in [0.3, 0.4) is 0 Å². The number of halogens is 1. The molecule has 2 unspecified atom stereocenters. The van der Waals surface area contributed by atoms with Crippen molar-refractivity contribution in [1.82, 2.24) is 0 Å². The number of phenols is 1. The third kappa shape index (κ3) is 3.99. The maximum Gasteiger partial charge on any atom is 0.185 e. The smallest absolute Gasteiger partial charge is 0.185 e. The monoisotopic (exact) mass is 320 g/mol. The highest BCUT2D eigenvalue weighted by atomic mass is 79.9. The van der Waals surface area contributed by atoms with E-state index in [0.29, 0.717) is 10.0 Å². The van der Waals surface area contributed by atoms with Crippen molar-refractivity contribution < 1.29 is 20.1 Å². The second-order valence-corrected chi connectivity index (χ2v) is 5.49. The molecule has 0 heterocycles. The lowest BCUT2D eigenvalue weighted by atomic mass is 10.1. The van der Waals surface area contributed by atoms with Gasteiger partial charge in [-0.05, 0) is 22.0 Å². The highest BCUT2D eigenvalue weighted by molar-refractivity contribution is 9.10. The van der Waals surface area contributed by atoms with Gasteiger partial charge in [-0.3, -0.25) is 4.79 Å². The molecule has 3 N–H and O–H groups in total. The molecule has 0 spiro atoms. The minimum Gasteiger partial charge on any atom is -0.507 e. The van der Waals surface area contributed by atoms with Gasteiger partial charge >= 0.3 is 0 Å². The average molecular weight is 321 g/mol. The molecule has 1 aromatic rings. The number of carbonyl (C=O) groups is 1. The van der Waals surface area contributed by atoms with Crippen molar-refractivity contribution >= 4 is 32.8 Å². The Morgan fingerprint density at radius 1 is 1.47 bits per heavy atom. The molecule has 0 aliphatic rings. The van der Waals surface area contributed by atoms with Crippen LogP contribution >= 0.6 is 27.7 Å². The Morgan fingerprint density at radius 2 is 2.12 bits per heavy atom. The lowest BCUT2D eigenvalue weighted by molar-refractivity contribution is -0.109. The lowest BCUT2D eigenvalue weighted by Crippen LogP contribution is -2.21. The van der Waals surface area contributed by atoms with E-state index < -0.39 is 12.2 Å². The molecule has 0 bridgehead atoms. The Bertz CT molecular complexity index is 410. The summed E-state index contributed by atoms with van der Waals surface area (Å²) in [5, 5.41) is 28.9. The first kappa shape index (κ1) is 14.5. The Kier molecular flexibility index (Phi) is 5.45. The van der Waals surface area contributed by atoms with Crippen LogP contribution in [-0.2, 0) is 4.79 Å². The van der Waals surface area contributed by atoms with Gasteiger partial charge in [0.1, 0.15) is 11.9 Å². The van der Waals surface area contributed by atoms with Crippen molar-refractivity contribution in [2.75, 3.05) is 5.75 Å². The van der Waals surface area contributed by atoms with E-state index in [1.54, 1.807) is 12.1 Å². The molecule has 0 aliphatic carbocycles. The lowest BCUT2D eigenvalue weighted by Gasteiger charge is -2.18. The standard InChI is InChI=1S/C11H13BrO4S/c1-6(13)17-5-9(15)11(16)7-3-2-4-8(14)10(7)12/h2-4,9,11,14-16H,5H2,1H3. The number of phenolic OH excluding ortho intramolecular Hbond substituents is 1. The predicted octanol–water partition coefficient (Wildman–Crippen LogP) is 1.83. The summed E-state index contributed by atoms with van der Waals surface area (Å²) in [4.78, 5) is 10.7. The molecule has 0 amide bonds. The summed E-state index contributed by atoms with van der Waals surface area (Å²) in [6.07, 6.45) is -2.22. The van der Waals surface area contributed by atoms with Gasteiger partial charge in [-0.2, -0.15) is 0 Å². The van der Waals surface area contributed by atoms with Crippen LogP contribution in [0.15, 0.2) is 22.7 Å². The zero-order valence-corrected chi connectivity index (χ0v) is 11.5. The second kappa shape index (κ2) is 6.39. The van der Waals surface area contributed by atoms with E-state index in [9.17, 15) is 20.1 Å². The van der Waals surface area contributed by atoms with Gasteiger partial charge in [-0.15, -0.1) is 0 Å². The SMILES string of the molecule is CC(=O)SCC(O)C(O)c1cccc(O)c1Br. The van der Waals surface area contributed by atoms with Gasteiger partial charge in [0, 0.05) is 18.2 Å². The summed E-state index contributed by atoms with van der Waals surface area (Å²) in [7, 11) is 0. The summed E-state index contributed by atoms with van der Waals surface area (Å²) >= 11 is 4.08. The zero-order valence-electron chi connectivity index (χ0n) is 9.13. The van der Waals surface area contributed by atoms with Crippen LogP contribution in [0.25, 0.3) is 0 Å². The maximum atomic E-state index is 10.7. The number of benzene rings is 1. The first-order valence-electron chi connectivity index (χ1n) is 4.90. The van der Waals surface area contributed by atoms with Gasteiger partial charge in [0.25, 0.3) is 0 Å². The molecule has 0 saturated carbocycles. The van der Waals surface area contributed by atoms with Crippen LogP contribution in [-0.4, -0.2) is 32.3 Å². The van der Waals surface area contributed by atoms with Crippen LogP contribution in [0, 0.1) is 0 Å². The van der Waals surface area contributed by atoms with Gasteiger partial charge in [0.2, 0.25) is 0 Å². The zero-order chi connectivity index (χ0) is 13.0. The van der Waals surface area contributed by atoms with Crippen molar-refractivity contribution in [3.63, 3.8) is 0 Å². The van der Waals surface area contributed by atoms with Gasteiger partial charge in [0.05, 0.1) is 10.6 Å². The van der Waals surface area contributed by atoms with E-state index in [-0.39, 0.29) is 16.6 Å². The fraction of sp³-hybridized carbons (Fsp3) is 0.364. The number of thioether (sulfide) groups is 1. The molecule has 6 heteroatoms. The van der Waals surface area contributed by atoms with E-state index in [0.717, 1.165) is 11.8 Å². The minimum atomic E-state index is -1.15. The molecular weight excluding hydrogens is 308 g/mol. The van der Waals surface area contributed by atoms with Crippen molar-refractivity contribution in [2.45, 2.75) is 19.1 Å². The van der Waals surface area contributed by atoms with Gasteiger partial charge < -0.3 is 15.3 Å². The number of hydrogen-bond acceptors (Lipinski definition) is 5. The third-order valence-electron chi connectivity index (χ3n) is 2.15. The van der Waals surface area contributed by atoms with Crippen LogP contribution in [0.1, 0.15) is 18.6 Å². The molecule has 17 heavy (non-hydrogen) atoms. The van der Waals surface area contributed by atoms with Gasteiger partial charge in [0.15, 0.2) is 5.12 Å². The number of aliphatic hydroxyl groups is 2. The quantitative estimate of drug-likeness (QED) is 0.789. The molecule has 0 radical (unpaired) electrons. The third-order valence-corrected chi connectivity index (χ3v) is 3.93. The normalized spacial score (nSPS) is 14.4. The fourth-order valence-corrected chi connectivity index (χ4v) is 2.35. The number of hydrogen-bond donors (Lipinski definition) is 3. The van der Waals surface area contributed by atoms with Crippen LogP contribution in [0.2, 0.25) is 0 Å². The van der Waals surface area contributed by atoms with Crippen LogP contribution in [0.4, 0.5) is 0 Å². The highest BCUT2D eigenvalue weighted by Gasteiger charge is 2.22. The van der Waals surface area contributed by atoms with Gasteiger partial charge in [-0.25, -0.2) is 0 Å². The van der Waals surface area contributed by atoms with Crippen molar-refractivity contribution in [2.24, 2.45) is 0 Å². The van der Waals surface area contributed by atoms with E-state index in [2.05, 4.69) is 15.9 Å². The molecule has 0 fully saturated rings. The molecule has 94 valence electrons. The topological polar surface area (TPSA) is 77.8 Å². The van der Waals surface area contributed by atoms with Crippen LogP contribution in [0.5, 0.6) is 5.75 Å². The Labute approximate surface area is 112 Å². The largest absolute Gasteiger partial charge is 0.507 e. The summed E-state index contributed by atoms with van der Waals surface area (Å²) in [5.74, 6) is 0.103. The molecule has 1 rings (SSSR count). The van der Waals surface area contributed by atoms with E-state index in [1.807, 2.05) is 0 Å². The average Bonchev–Trinajstić information content (AvgIpc) is 2.28. The van der Waals surface area contributed by atoms with E-state index >= 15 is 0 Å². The minimum absolute atomic E-state index is 0.00651. The molecule has 4 nitrogen and oxygen atoms in total. The molecule has 1 aromatic carbocycles. The fourth-order valence-electron chi connectivity index (χ4n) is 1.27. The van der Waals surface area contributed by atoms with Crippen LogP contribution < -0.4 is 0 Å². The molecule has 0 aromatic heterocycles. The van der Waals surface area contributed by atoms with E-state index in [4.69, 9.17) is 0 Å². The molecular formula is C11H13BrO4S. The van der Waals surface area contributed by atoms with Crippen molar-refractivity contribution in [3.8, 4) is 5.75 Å². The number of aromatic hydroxyl groups is 1. The van der Waals surface area contributed by atoms with Crippen molar-refractivity contribution in [1.29, 1.82) is 0 Å². The van der Waals surface area contributed by atoms with Crippen molar-refractivity contribution in [3.05, 3.63) is 28.2 Å². The summed E-state index contributed by atoms with van der Waals surface area (Å²) in [6, 6.07) is 4.64.